The third kappa shape index (κ3) is 3.79. The van der Waals surface area contributed by atoms with Crippen LogP contribution in [-0.2, 0) is 23.2 Å². The highest BCUT2D eigenvalue weighted by atomic mass is 19.4. The Morgan fingerprint density at radius 3 is 2.65 bits per heavy atom. The summed E-state index contributed by atoms with van der Waals surface area (Å²) in [4.78, 5) is 13.1. The maximum atomic E-state index is 14.4. The van der Waals surface area contributed by atoms with Crippen molar-refractivity contribution in [1.29, 1.82) is 0 Å². The van der Waals surface area contributed by atoms with Crippen molar-refractivity contribution in [3.63, 3.8) is 0 Å². The van der Waals surface area contributed by atoms with E-state index in [0.29, 0.717) is 41.2 Å². The van der Waals surface area contributed by atoms with Gasteiger partial charge in [0.25, 0.3) is 0 Å². The molecule has 11 heteroatoms. The average Bonchev–Trinajstić information content (AvgIpc) is 3.52. The standard InChI is InChI=1S/C26H25F3N6O2/c1-3-20-33-22(18-13-32-35(23(18)34-20)17-7-10-30-11-8-17)31-15-25(26(27,28)29)14-24(2,37-25)19-6-4-5-16-9-12-36-21(16)19/h4-8,10-11,13H,3,9,12,14-15H2,1-2H3,(H,31,33,34). The first kappa shape index (κ1) is 23.7. The van der Waals surface area contributed by atoms with Crippen molar-refractivity contribution in [1.82, 2.24) is 24.7 Å². The highest BCUT2D eigenvalue weighted by Crippen LogP contribution is 2.57. The molecular formula is C26H25F3N6O2. The summed E-state index contributed by atoms with van der Waals surface area (Å²) in [5.41, 5.74) is -0.620. The molecule has 0 saturated carbocycles. The van der Waals surface area contributed by atoms with E-state index in [1.165, 1.54) is 0 Å². The predicted octanol–water partition coefficient (Wildman–Crippen LogP) is 4.76. The van der Waals surface area contributed by atoms with Gasteiger partial charge in [0, 0.05) is 37.2 Å². The molecule has 1 aromatic carbocycles. The molecule has 6 rings (SSSR count). The van der Waals surface area contributed by atoms with E-state index in [0.717, 1.165) is 17.7 Å². The van der Waals surface area contributed by atoms with Crippen LogP contribution in [0.4, 0.5) is 19.0 Å². The van der Waals surface area contributed by atoms with Crippen molar-refractivity contribution in [2.75, 3.05) is 18.5 Å². The summed E-state index contributed by atoms with van der Waals surface area (Å²) in [6, 6.07) is 9.11. The zero-order valence-electron chi connectivity index (χ0n) is 20.3. The van der Waals surface area contributed by atoms with Crippen LogP contribution in [-0.4, -0.2) is 49.7 Å². The summed E-state index contributed by atoms with van der Waals surface area (Å²) in [6.07, 6.45) is 1.21. The second-order valence-corrected chi connectivity index (χ2v) is 9.59. The highest BCUT2D eigenvalue weighted by Gasteiger charge is 2.68. The Labute approximate surface area is 210 Å². The molecule has 8 nitrogen and oxygen atoms in total. The molecule has 0 radical (unpaired) electrons. The minimum atomic E-state index is -4.60. The molecule has 1 N–H and O–H groups in total. The van der Waals surface area contributed by atoms with E-state index < -0.39 is 23.9 Å². The number of hydrogen-bond donors (Lipinski definition) is 1. The maximum absolute atomic E-state index is 14.4. The third-order valence-electron chi connectivity index (χ3n) is 7.08. The second-order valence-electron chi connectivity index (χ2n) is 9.59. The van der Waals surface area contributed by atoms with Crippen molar-refractivity contribution < 1.29 is 22.6 Å². The van der Waals surface area contributed by atoms with Gasteiger partial charge in [0.2, 0.25) is 0 Å². The molecule has 2 unspecified atom stereocenters. The lowest BCUT2D eigenvalue weighted by atomic mass is 9.74. The molecule has 2 atom stereocenters. The van der Waals surface area contributed by atoms with Crippen LogP contribution >= 0.6 is 0 Å². The van der Waals surface area contributed by atoms with Gasteiger partial charge in [0.05, 0.1) is 36.0 Å². The number of ether oxygens (including phenoxy) is 2. The Kier molecular flexibility index (Phi) is 5.37. The number of para-hydroxylation sites is 1. The summed E-state index contributed by atoms with van der Waals surface area (Å²) in [5.74, 6) is 1.41. The van der Waals surface area contributed by atoms with Gasteiger partial charge in [0.15, 0.2) is 11.2 Å². The summed E-state index contributed by atoms with van der Waals surface area (Å²) >= 11 is 0. The minimum Gasteiger partial charge on any atom is -0.493 e. The molecule has 4 aromatic rings. The van der Waals surface area contributed by atoms with Crippen molar-refractivity contribution in [3.8, 4) is 11.4 Å². The lowest BCUT2D eigenvalue weighted by Gasteiger charge is -2.55. The first-order valence-corrected chi connectivity index (χ1v) is 12.1. The van der Waals surface area contributed by atoms with Crippen LogP contribution in [0, 0.1) is 0 Å². The molecule has 0 amide bonds. The monoisotopic (exact) mass is 510 g/mol. The second kappa shape index (κ2) is 8.41. The lowest BCUT2D eigenvalue weighted by Crippen LogP contribution is -2.67. The van der Waals surface area contributed by atoms with E-state index in [-0.39, 0.29) is 12.2 Å². The van der Waals surface area contributed by atoms with E-state index in [1.54, 1.807) is 48.4 Å². The van der Waals surface area contributed by atoms with Crippen molar-refractivity contribution in [2.24, 2.45) is 0 Å². The number of anilines is 1. The van der Waals surface area contributed by atoms with Gasteiger partial charge in [-0.2, -0.15) is 18.3 Å². The number of fused-ring (bicyclic) bond motifs is 2. The number of nitrogens with zero attached hydrogens (tertiary/aromatic N) is 5. The number of rotatable bonds is 6. The molecule has 37 heavy (non-hydrogen) atoms. The summed E-state index contributed by atoms with van der Waals surface area (Å²) in [7, 11) is 0. The lowest BCUT2D eigenvalue weighted by molar-refractivity contribution is -0.380. The van der Waals surface area contributed by atoms with Gasteiger partial charge < -0.3 is 14.8 Å². The number of hydrogen-bond acceptors (Lipinski definition) is 7. The fourth-order valence-corrected chi connectivity index (χ4v) is 5.25. The zero-order valence-corrected chi connectivity index (χ0v) is 20.3. The quantitative estimate of drug-likeness (QED) is 0.400. The van der Waals surface area contributed by atoms with E-state index in [9.17, 15) is 13.2 Å². The largest absolute Gasteiger partial charge is 0.493 e. The Morgan fingerprint density at radius 1 is 1.14 bits per heavy atom. The summed E-state index contributed by atoms with van der Waals surface area (Å²) in [5, 5.41) is 7.85. The summed E-state index contributed by atoms with van der Waals surface area (Å²) < 4.78 is 56.5. The number of nitrogens with one attached hydrogen (secondary N) is 1. The number of pyridine rings is 1. The van der Waals surface area contributed by atoms with Gasteiger partial charge in [0.1, 0.15) is 17.4 Å². The molecular weight excluding hydrogens is 485 g/mol. The Morgan fingerprint density at radius 2 is 1.92 bits per heavy atom. The number of aromatic nitrogens is 5. The van der Waals surface area contributed by atoms with Crippen LogP contribution in [0.3, 0.4) is 0 Å². The maximum Gasteiger partial charge on any atom is 0.419 e. The average molecular weight is 511 g/mol. The first-order chi connectivity index (χ1) is 17.7. The fraction of sp³-hybridized carbons (Fsp3) is 0.385. The van der Waals surface area contributed by atoms with E-state index in [4.69, 9.17) is 9.47 Å². The van der Waals surface area contributed by atoms with Crippen molar-refractivity contribution in [2.45, 2.75) is 50.5 Å². The van der Waals surface area contributed by atoms with Crippen molar-refractivity contribution in [3.05, 3.63) is 65.9 Å². The molecule has 3 aromatic heterocycles. The van der Waals surface area contributed by atoms with Gasteiger partial charge in [-0.05, 0) is 24.6 Å². The van der Waals surface area contributed by atoms with Gasteiger partial charge in [-0.25, -0.2) is 14.6 Å². The minimum absolute atomic E-state index is 0.249. The van der Waals surface area contributed by atoms with Gasteiger partial charge in [-0.3, -0.25) is 4.98 Å². The van der Waals surface area contributed by atoms with Crippen LogP contribution in [0.2, 0.25) is 0 Å². The van der Waals surface area contributed by atoms with Crippen LogP contribution in [0.5, 0.6) is 5.75 Å². The van der Waals surface area contributed by atoms with Crippen LogP contribution in [0.25, 0.3) is 16.7 Å². The Bertz CT molecular complexity index is 1460. The predicted molar refractivity (Wildman–Crippen MR) is 130 cm³/mol. The zero-order chi connectivity index (χ0) is 25.8. The third-order valence-corrected chi connectivity index (χ3v) is 7.08. The van der Waals surface area contributed by atoms with E-state index in [2.05, 4.69) is 25.4 Å². The molecule has 0 aliphatic carbocycles. The number of benzene rings is 1. The fourth-order valence-electron chi connectivity index (χ4n) is 5.25. The highest BCUT2D eigenvalue weighted by molar-refractivity contribution is 5.87. The first-order valence-electron chi connectivity index (χ1n) is 12.1. The van der Waals surface area contributed by atoms with Gasteiger partial charge in [-0.15, -0.1) is 0 Å². The molecule has 1 fully saturated rings. The number of alkyl halides is 3. The SMILES string of the molecule is CCc1nc(NCC2(C(F)(F)F)CC(C)(c3cccc4c3OCC4)O2)c2cnn(-c3ccncc3)c2n1. The van der Waals surface area contributed by atoms with Crippen LogP contribution < -0.4 is 10.1 Å². The topological polar surface area (TPSA) is 87.0 Å². The Balaban J connectivity index is 1.31. The molecule has 0 spiro atoms. The molecule has 5 heterocycles. The van der Waals surface area contributed by atoms with Crippen molar-refractivity contribution >= 4 is 16.9 Å². The Hall–Kier alpha value is -3.73. The molecule has 192 valence electrons. The van der Waals surface area contributed by atoms with Crippen LogP contribution in [0.15, 0.2) is 48.9 Å². The molecule has 2 aliphatic heterocycles. The number of aryl methyl sites for hydroxylation is 1. The molecule has 0 bridgehead atoms. The smallest absolute Gasteiger partial charge is 0.419 e. The van der Waals surface area contributed by atoms with Gasteiger partial charge >= 0.3 is 6.18 Å². The van der Waals surface area contributed by atoms with Gasteiger partial charge in [-0.1, -0.05) is 25.1 Å². The summed E-state index contributed by atoms with van der Waals surface area (Å²) in [6.45, 7) is 3.59. The van der Waals surface area contributed by atoms with Crippen LogP contribution in [0.1, 0.15) is 37.2 Å². The van der Waals surface area contributed by atoms with E-state index >= 15 is 0 Å². The normalized spacial score (nSPS) is 22.9. The molecule has 1 saturated heterocycles. The number of halogens is 3. The molecule has 2 aliphatic rings. The van der Waals surface area contributed by atoms with E-state index in [1.807, 2.05) is 19.1 Å².